The van der Waals surface area contributed by atoms with Gasteiger partial charge in [-0.3, -0.25) is 0 Å². The van der Waals surface area contributed by atoms with Crippen molar-refractivity contribution in [1.29, 1.82) is 0 Å². The highest BCUT2D eigenvalue weighted by Gasteiger charge is 2.09. The van der Waals surface area contributed by atoms with Gasteiger partial charge in [0.2, 0.25) is 0 Å². The van der Waals surface area contributed by atoms with Crippen molar-refractivity contribution in [2.45, 2.75) is 6.04 Å². The molecule has 2 rings (SSSR count). The van der Waals surface area contributed by atoms with Gasteiger partial charge in [-0.05, 0) is 17.7 Å². The van der Waals surface area contributed by atoms with E-state index in [1.807, 2.05) is 48.5 Å². The Morgan fingerprint density at radius 3 is 2.44 bits per heavy atom. The van der Waals surface area contributed by atoms with Crippen molar-refractivity contribution < 1.29 is 5.11 Å². The Labute approximate surface area is 94.8 Å². The molecule has 0 radical (unpaired) electrons. The number of rotatable bonds is 4. The van der Waals surface area contributed by atoms with E-state index in [1.54, 1.807) is 6.20 Å². The molecule has 0 bridgehead atoms. The monoisotopic (exact) mass is 214 g/mol. The van der Waals surface area contributed by atoms with Crippen molar-refractivity contribution in [2.24, 2.45) is 0 Å². The third-order valence-corrected chi connectivity index (χ3v) is 2.37. The second-order valence-electron chi connectivity index (χ2n) is 3.51. The molecule has 0 aliphatic heterocycles. The summed E-state index contributed by atoms with van der Waals surface area (Å²) in [5.41, 5.74) is 1.05. The molecule has 1 atom stereocenters. The molecule has 3 heteroatoms. The number of pyridine rings is 1. The number of aliphatic hydroxyl groups excluding tert-OH is 1. The van der Waals surface area contributed by atoms with Crippen LogP contribution in [0.5, 0.6) is 0 Å². The molecule has 82 valence electrons. The third-order valence-electron chi connectivity index (χ3n) is 2.37. The van der Waals surface area contributed by atoms with Crippen molar-refractivity contribution in [3.63, 3.8) is 0 Å². The molecule has 0 amide bonds. The Hall–Kier alpha value is -1.87. The lowest BCUT2D eigenvalue weighted by Crippen LogP contribution is -2.15. The summed E-state index contributed by atoms with van der Waals surface area (Å²) in [7, 11) is 0. The Kier molecular flexibility index (Phi) is 3.51. The Morgan fingerprint density at radius 2 is 1.81 bits per heavy atom. The maximum absolute atomic E-state index is 9.35. The molecule has 1 heterocycles. The molecular weight excluding hydrogens is 200 g/mol. The summed E-state index contributed by atoms with van der Waals surface area (Å²) in [6.45, 7) is 0.0422. The lowest BCUT2D eigenvalue weighted by molar-refractivity contribution is 0.276. The lowest BCUT2D eigenvalue weighted by Gasteiger charge is -2.16. The smallest absolute Gasteiger partial charge is 0.126 e. The van der Waals surface area contributed by atoms with Gasteiger partial charge in [-0.25, -0.2) is 4.98 Å². The van der Waals surface area contributed by atoms with Crippen LogP contribution in [0.15, 0.2) is 54.7 Å². The summed E-state index contributed by atoms with van der Waals surface area (Å²) in [5, 5.41) is 12.5. The first-order valence-electron chi connectivity index (χ1n) is 5.23. The van der Waals surface area contributed by atoms with Crippen LogP contribution < -0.4 is 5.32 Å². The van der Waals surface area contributed by atoms with E-state index in [4.69, 9.17) is 0 Å². The number of aromatic nitrogens is 1. The molecule has 1 aromatic heterocycles. The minimum Gasteiger partial charge on any atom is -0.394 e. The van der Waals surface area contributed by atoms with Gasteiger partial charge in [0.15, 0.2) is 0 Å². The van der Waals surface area contributed by atoms with Crippen LogP contribution in [0, 0.1) is 0 Å². The van der Waals surface area contributed by atoms with E-state index < -0.39 is 0 Å². The van der Waals surface area contributed by atoms with Gasteiger partial charge in [0.25, 0.3) is 0 Å². The van der Waals surface area contributed by atoms with Crippen molar-refractivity contribution in [3.05, 3.63) is 60.3 Å². The number of benzene rings is 1. The van der Waals surface area contributed by atoms with E-state index in [1.165, 1.54) is 0 Å². The van der Waals surface area contributed by atoms with Gasteiger partial charge in [-0.1, -0.05) is 36.4 Å². The Bertz CT molecular complexity index is 416. The summed E-state index contributed by atoms with van der Waals surface area (Å²) in [6, 6.07) is 15.4. The predicted molar refractivity (Wildman–Crippen MR) is 64.1 cm³/mol. The maximum Gasteiger partial charge on any atom is 0.126 e. The van der Waals surface area contributed by atoms with Crippen LogP contribution >= 0.6 is 0 Å². The van der Waals surface area contributed by atoms with Crippen molar-refractivity contribution in [3.8, 4) is 0 Å². The minimum atomic E-state index is -0.115. The van der Waals surface area contributed by atoms with E-state index >= 15 is 0 Å². The number of hydrogen-bond acceptors (Lipinski definition) is 3. The highest BCUT2D eigenvalue weighted by molar-refractivity contribution is 5.37. The van der Waals surface area contributed by atoms with Crippen LogP contribution in [0.4, 0.5) is 5.82 Å². The number of nitrogens with one attached hydrogen (secondary N) is 1. The zero-order valence-electron chi connectivity index (χ0n) is 8.88. The summed E-state index contributed by atoms with van der Waals surface area (Å²) in [5.74, 6) is 0.769. The highest BCUT2D eigenvalue weighted by Crippen LogP contribution is 2.16. The molecule has 0 aliphatic carbocycles. The molecule has 2 aromatic rings. The molecule has 1 aromatic carbocycles. The van der Waals surface area contributed by atoms with Crippen molar-refractivity contribution in [1.82, 2.24) is 4.98 Å². The van der Waals surface area contributed by atoms with Crippen LogP contribution in [0.1, 0.15) is 11.6 Å². The molecule has 0 saturated heterocycles. The van der Waals surface area contributed by atoms with Crippen LogP contribution in [-0.2, 0) is 0 Å². The first-order valence-corrected chi connectivity index (χ1v) is 5.23. The maximum atomic E-state index is 9.35. The van der Waals surface area contributed by atoms with E-state index in [-0.39, 0.29) is 12.6 Å². The third kappa shape index (κ3) is 2.58. The molecule has 2 N–H and O–H groups in total. The van der Waals surface area contributed by atoms with Gasteiger partial charge in [0, 0.05) is 6.20 Å². The fourth-order valence-corrected chi connectivity index (χ4v) is 1.55. The second kappa shape index (κ2) is 5.28. The van der Waals surface area contributed by atoms with E-state index in [2.05, 4.69) is 10.3 Å². The van der Waals surface area contributed by atoms with Gasteiger partial charge in [0.1, 0.15) is 5.82 Å². The highest BCUT2D eigenvalue weighted by atomic mass is 16.3. The molecule has 0 saturated carbocycles. The van der Waals surface area contributed by atoms with Gasteiger partial charge in [-0.15, -0.1) is 0 Å². The van der Waals surface area contributed by atoms with E-state index in [9.17, 15) is 5.11 Å². The zero-order valence-corrected chi connectivity index (χ0v) is 8.88. The molecule has 16 heavy (non-hydrogen) atoms. The van der Waals surface area contributed by atoms with Gasteiger partial charge >= 0.3 is 0 Å². The predicted octanol–water partition coefficient (Wildman–Crippen LogP) is 2.23. The minimum absolute atomic E-state index is 0.0422. The molecular formula is C13H14N2O. The first-order chi connectivity index (χ1) is 7.90. The SMILES string of the molecule is OC[C@@H](Nc1ccccn1)c1ccccc1. The standard InChI is InChI=1S/C13H14N2O/c16-10-12(11-6-2-1-3-7-11)15-13-8-4-5-9-14-13/h1-9,12,16H,10H2,(H,14,15)/t12-/m1/s1. The number of aliphatic hydroxyl groups is 1. The molecule has 0 fully saturated rings. The first kappa shape index (κ1) is 10.6. The van der Waals surface area contributed by atoms with Crippen LogP contribution in [0.2, 0.25) is 0 Å². The topological polar surface area (TPSA) is 45.1 Å². The normalized spacial score (nSPS) is 12.1. The Balaban J connectivity index is 2.13. The fraction of sp³-hybridized carbons (Fsp3) is 0.154. The second-order valence-corrected chi connectivity index (χ2v) is 3.51. The van der Waals surface area contributed by atoms with Gasteiger partial charge in [0.05, 0.1) is 12.6 Å². The zero-order chi connectivity index (χ0) is 11.2. The molecule has 3 nitrogen and oxygen atoms in total. The van der Waals surface area contributed by atoms with Crippen LogP contribution in [-0.4, -0.2) is 16.7 Å². The van der Waals surface area contributed by atoms with E-state index in [0.717, 1.165) is 11.4 Å². The fourth-order valence-electron chi connectivity index (χ4n) is 1.55. The average molecular weight is 214 g/mol. The molecule has 0 spiro atoms. The lowest BCUT2D eigenvalue weighted by atomic mass is 10.1. The Morgan fingerprint density at radius 1 is 1.06 bits per heavy atom. The molecule has 0 aliphatic rings. The average Bonchev–Trinajstić information content (AvgIpc) is 2.38. The summed E-state index contributed by atoms with van der Waals surface area (Å²) in [6.07, 6.45) is 1.72. The van der Waals surface area contributed by atoms with Crippen molar-refractivity contribution in [2.75, 3.05) is 11.9 Å². The van der Waals surface area contributed by atoms with Crippen LogP contribution in [0.25, 0.3) is 0 Å². The van der Waals surface area contributed by atoms with E-state index in [0.29, 0.717) is 0 Å². The summed E-state index contributed by atoms with van der Waals surface area (Å²) >= 11 is 0. The quantitative estimate of drug-likeness (QED) is 0.820. The molecule has 0 unspecified atom stereocenters. The number of hydrogen-bond donors (Lipinski definition) is 2. The van der Waals surface area contributed by atoms with Crippen molar-refractivity contribution >= 4 is 5.82 Å². The summed E-state index contributed by atoms with van der Waals surface area (Å²) in [4.78, 5) is 4.17. The summed E-state index contributed by atoms with van der Waals surface area (Å²) < 4.78 is 0. The van der Waals surface area contributed by atoms with Crippen LogP contribution in [0.3, 0.4) is 0 Å². The van der Waals surface area contributed by atoms with Gasteiger partial charge < -0.3 is 10.4 Å². The van der Waals surface area contributed by atoms with Gasteiger partial charge in [-0.2, -0.15) is 0 Å². The number of anilines is 1. The largest absolute Gasteiger partial charge is 0.394 e. The number of nitrogens with zero attached hydrogens (tertiary/aromatic N) is 1.